The standard InChI is InChI=1S/C28H36N2O10/c1-27(2,3)39-25(35)29-21(23(33)37-7)15-9-11-19(31)17(13-15)18-14-16(10-12-20(18)32)22(24(34)38-8)30-26(36)40-28(4,5)6/h9-14,21-22,31-32H,1-8H3,(H,29,35)(H,30,36)/t21-,22-/m1/s1. The van der Waals surface area contributed by atoms with Crippen LogP contribution in [0, 0.1) is 0 Å². The van der Waals surface area contributed by atoms with Gasteiger partial charge in [0.1, 0.15) is 22.7 Å². The quantitative estimate of drug-likeness (QED) is 0.284. The Morgan fingerprint density at radius 2 is 0.975 bits per heavy atom. The van der Waals surface area contributed by atoms with Crippen LogP contribution in [0.15, 0.2) is 36.4 Å². The number of hydrogen-bond acceptors (Lipinski definition) is 10. The van der Waals surface area contributed by atoms with Gasteiger partial charge in [0.05, 0.1) is 14.2 Å². The summed E-state index contributed by atoms with van der Waals surface area (Å²) in [4.78, 5) is 49.9. The third-order valence-corrected chi connectivity index (χ3v) is 5.19. The van der Waals surface area contributed by atoms with Gasteiger partial charge in [-0.3, -0.25) is 0 Å². The van der Waals surface area contributed by atoms with E-state index in [0.717, 1.165) is 14.2 Å². The Kier molecular flexibility index (Phi) is 9.98. The van der Waals surface area contributed by atoms with Crippen LogP contribution in [-0.4, -0.2) is 59.8 Å². The molecule has 0 bridgehead atoms. The first-order valence-electron chi connectivity index (χ1n) is 12.3. The Morgan fingerprint density at radius 1 is 0.650 bits per heavy atom. The molecule has 0 aliphatic heterocycles. The highest BCUT2D eigenvalue weighted by molar-refractivity contribution is 5.86. The number of hydrogen-bond donors (Lipinski definition) is 4. The number of phenolic OH excluding ortho intramolecular Hbond substituents is 2. The predicted molar refractivity (Wildman–Crippen MR) is 143 cm³/mol. The lowest BCUT2D eigenvalue weighted by atomic mass is 9.95. The van der Waals surface area contributed by atoms with Crippen LogP contribution in [0.3, 0.4) is 0 Å². The molecular formula is C28H36N2O10. The molecule has 218 valence electrons. The highest BCUT2D eigenvalue weighted by Gasteiger charge is 2.30. The summed E-state index contributed by atoms with van der Waals surface area (Å²) in [5, 5.41) is 26.2. The van der Waals surface area contributed by atoms with Crippen molar-refractivity contribution in [3.63, 3.8) is 0 Å². The summed E-state index contributed by atoms with van der Waals surface area (Å²) < 4.78 is 20.2. The molecule has 0 aliphatic carbocycles. The molecule has 0 unspecified atom stereocenters. The van der Waals surface area contributed by atoms with Crippen LogP contribution in [0.4, 0.5) is 9.59 Å². The van der Waals surface area contributed by atoms with E-state index in [1.165, 1.54) is 36.4 Å². The molecule has 0 spiro atoms. The van der Waals surface area contributed by atoms with Crippen molar-refractivity contribution in [2.45, 2.75) is 64.8 Å². The average Bonchev–Trinajstić information content (AvgIpc) is 2.84. The lowest BCUT2D eigenvalue weighted by Gasteiger charge is -2.24. The molecule has 2 aromatic rings. The van der Waals surface area contributed by atoms with E-state index in [2.05, 4.69) is 10.6 Å². The number of methoxy groups -OCH3 is 2. The second kappa shape index (κ2) is 12.6. The SMILES string of the molecule is COC(=O)[C@H](NC(=O)OC(C)(C)C)c1ccc(O)c(-c2cc([C@@H](NC(=O)OC(C)(C)C)C(=O)OC)ccc2O)c1. The number of aromatic hydroxyl groups is 2. The summed E-state index contributed by atoms with van der Waals surface area (Å²) in [5.41, 5.74) is -1.16. The molecule has 0 aliphatic rings. The smallest absolute Gasteiger partial charge is 0.408 e. The number of ether oxygens (including phenoxy) is 4. The largest absolute Gasteiger partial charge is 0.507 e. The molecule has 2 rings (SSSR count). The Hall–Kier alpha value is -4.48. The van der Waals surface area contributed by atoms with Gasteiger partial charge in [-0.2, -0.15) is 0 Å². The lowest BCUT2D eigenvalue weighted by molar-refractivity contribution is -0.144. The van der Waals surface area contributed by atoms with Crippen LogP contribution >= 0.6 is 0 Å². The number of phenols is 2. The van der Waals surface area contributed by atoms with Crippen LogP contribution in [0.25, 0.3) is 11.1 Å². The lowest BCUT2D eigenvalue weighted by Crippen LogP contribution is -2.38. The van der Waals surface area contributed by atoms with Gasteiger partial charge in [-0.15, -0.1) is 0 Å². The van der Waals surface area contributed by atoms with E-state index in [1.807, 2.05) is 0 Å². The van der Waals surface area contributed by atoms with E-state index >= 15 is 0 Å². The Bertz CT molecular complexity index is 1160. The normalized spacial score (nSPS) is 12.9. The fraction of sp³-hybridized carbons (Fsp3) is 0.429. The number of nitrogens with one attached hydrogen (secondary N) is 2. The van der Waals surface area contributed by atoms with E-state index in [1.54, 1.807) is 41.5 Å². The monoisotopic (exact) mass is 560 g/mol. The van der Waals surface area contributed by atoms with Crippen molar-refractivity contribution >= 4 is 24.1 Å². The fourth-order valence-corrected chi connectivity index (χ4v) is 3.54. The molecule has 0 fully saturated rings. The molecule has 4 N–H and O–H groups in total. The van der Waals surface area contributed by atoms with Crippen LogP contribution in [0.1, 0.15) is 64.8 Å². The molecule has 0 saturated carbocycles. The van der Waals surface area contributed by atoms with Crippen molar-refractivity contribution < 1.29 is 48.3 Å². The topological polar surface area (TPSA) is 170 Å². The van der Waals surface area contributed by atoms with E-state index in [4.69, 9.17) is 18.9 Å². The first kappa shape index (κ1) is 31.7. The second-order valence-electron chi connectivity index (χ2n) is 10.8. The minimum absolute atomic E-state index is 0.0534. The second-order valence-corrected chi connectivity index (χ2v) is 10.8. The van der Waals surface area contributed by atoms with Crippen LogP contribution < -0.4 is 10.6 Å². The van der Waals surface area contributed by atoms with E-state index in [0.29, 0.717) is 0 Å². The molecular weight excluding hydrogens is 524 g/mol. The van der Waals surface area contributed by atoms with Crippen LogP contribution in [-0.2, 0) is 28.5 Å². The van der Waals surface area contributed by atoms with Crippen molar-refractivity contribution in [2.24, 2.45) is 0 Å². The van der Waals surface area contributed by atoms with Gasteiger partial charge in [-0.25, -0.2) is 19.2 Å². The number of alkyl carbamates (subject to hydrolysis) is 2. The molecule has 0 heterocycles. The fourth-order valence-electron chi connectivity index (χ4n) is 3.54. The minimum atomic E-state index is -1.32. The molecule has 40 heavy (non-hydrogen) atoms. The zero-order chi connectivity index (χ0) is 30.4. The van der Waals surface area contributed by atoms with Gasteiger partial charge in [0, 0.05) is 11.1 Å². The Morgan fingerprint density at radius 3 is 1.25 bits per heavy atom. The molecule has 0 saturated heterocycles. The van der Waals surface area contributed by atoms with Gasteiger partial charge in [0.15, 0.2) is 12.1 Å². The molecule has 12 nitrogen and oxygen atoms in total. The van der Waals surface area contributed by atoms with Crippen molar-refractivity contribution in [3.05, 3.63) is 47.5 Å². The van der Waals surface area contributed by atoms with E-state index < -0.39 is 47.4 Å². The third kappa shape index (κ3) is 8.79. The Balaban J connectivity index is 2.55. The molecule has 2 amide bonds. The summed E-state index contributed by atoms with van der Waals surface area (Å²) in [5.74, 6) is -2.20. The molecule has 12 heteroatoms. The maximum Gasteiger partial charge on any atom is 0.408 e. The highest BCUT2D eigenvalue weighted by Crippen LogP contribution is 2.39. The molecule has 2 atom stereocenters. The highest BCUT2D eigenvalue weighted by atomic mass is 16.6. The van der Waals surface area contributed by atoms with Crippen molar-refractivity contribution in [1.29, 1.82) is 0 Å². The van der Waals surface area contributed by atoms with Crippen molar-refractivity contribution in [3.8, 4) is 22.6 Å². The Labute approximate surface area is 232 Å². The summed E-state index contributed by atoms with van der Waals surface area (Å²) in [6.45, 7) is 9.96. The zero-order valence-electron chi connectivity index (χ0n) is 23.8. The van der Waals surface area contributed by atoms with E-state index in [-0.39, 0.29) is 33.8 Å². The minimum Gasteiger partial charge on any atom is -0.507 e. The maximum absolute atomic E-state index is 12.6. The summed E-state index contributed by atoms with van der Waals surface area (Å²) >= 11 is 0. The van der Waals surface area contributed by atoms with Crippen molar-refractivity contribution in [2.75, 3.05) is 14.2 Å². The third-order valence-electron chi connectivity index (χ3n) is 5.19. The maximum atomic E-state index is 12.6. The first-order valence-corrected chi connectivity index (χ1v) is 12.3. The average molecular weight is 561 g/mol. The zero-order valence-corrected chi connectivity index (χ0v) is 23.8. The molecule has 0 aromatic heterocycles. The number of rotatable bonds is 7. The number of amides is 2. The number of esters is 2. The van der Waals surface area contributed by atoms with Gasteiger partial charge >= 0.3 is 24.1 Å². The van der Waals surface area contributed by atoms with Gasteiger partial charge in [0.25, 0.3) is 0 Å². The van der Waals surface area contributed by atoms with Gasteiger partial charge in [-0.1, -0.05) is 12.1 Å². The summed E-state index contributed by atoms with van der Waals surface area (Å²) in [6, 6.07) is 5.39. The molecule has 2 aromatic carbocycles. The van der Waals surface area contributed by atoms with Crippen LogP contribution in [0.2, 0.25) is 0 Å². The summed E-state index contributed by atoms with van der Waals surface area (Å²) in [6.07, 6.45) is -1.76. The van der Waals surface area contributed by atoms with E-state index in [9.17, 15) is 29.4 Å². The number of benzene rings is 2. The van der Waals surface area contributed by atoms with Gasteiger partial charge in [0.2, 0.25) is 0 Å². The predicted octanol–water partition coefficient (Wildman–Crippen LogP) is 4.24. The number of carbonyl (C=O) groups excluding carboxylic acids is 4. The van der Waals surface area contributed by atoms with Crippen molar-refractivity contribution in [1.82, 2.24) is 10.6 Å². The summed E-state index contributed by atoms with van der Waals surface area (Å²) in [7, 11) is 2.29. The van der Waals surface area contributed by atoms with Gasteiger partial charge in [-0.05, 0) is 76.9 Å². The van der Waals surface area contributed by atoms with Crippen LogP contribution in [0.5, 0.6) is 11.5 Å². The number of carbonyl (C=O) groups is 4. The molecule has 0 radical (unpaired) electrons. The van der Waals surface area contributed by atoms with Gasteiger partial charge < -0.3 is 39.8 Å². The first-order chi connectivity index (χ1) is 18.5.